The van der Waals surface area contributed by atoms with Crippen molar-refractivity contribution >= 4 is 10.0 Å². The number of aryl methyl sites for hydroxylation is 2. The molecule has 120 valence electrons. The van der Waals surface area contributed by atoms with Crippen LogP contribution in [0.4, 0.5) is 0 Å². The summed E-state index contributed by atoms with van der Waals surface area (Å²) in [6, 6.07) is 5.38. The molecule has 0 bridgehead atoms. The maximum absolute atomic E-state index is 11.6. The fourth-order valence-corrected chi connectivity index (χ4v) is 3.41. The Bertz CT molecular complexity index is 524. The van der Waals surface area contributed by atoms with Crippen LogP contribution in [0, 0.1) is 6.92 Å². The van der Waals surface area contributed by atoms with Crippen molar-refractivity contribution in [2.75, 3.05) is 0 Å². The lowest BCUT2D eigenvalue weighted by atomic mass is 10.0. The summed E-state index contributed by atoms with van der Waals surface area (Å²) in [5, 5.41) is 5.28. The van der Waals surface area contributed by atoms with Gasteiger partial charge in [0.15, 0.2) is 0 Å². The Morgan fingerprint density at radius 3 is 2.10 bits per heavy atom. The van der Waals surface area contributed by atoms with Crippen molar-refractivity contribution < 1.29 is 8.42 Å². The van der Waals surface area contributed by atoms with Crippen molar-refractivity contribution in [1.82, 2.24) is 0 Å². The third-order valence-electron chi connectivity index (χ3n) is 3.82. The van der Waals surface area contributed by atoms with Crippen molar-refractivity contribution in [3.05, 3.63) is 29.3 Å². The summed E-state index contributed by atoms with van der Waals surface area (Å²) in [6.07, 6.45) is 10.8. The molecule has 21 heavy (non-hydrogen) atoms. The molecular formula is C17H29NO2S. The fraction of sp³-hybridized carbons (Fsp3) is 0.647. The molecule has 0 unspecified atom stereocenters. The van der Waals surface area contributed by atoms with Crippen LogP contribution < -0.4 is 5.14 Å². The molecule has 1 rings (SSSR count). The third kappa shape index (κ3) is 7.09. The van der Waals surface area contributed by atoms with Gasteiger partial charge in [-0.3, -0.25) is 0 Å². The van der Waals surface area contributed by atoms with E-state index in [-0.39, 0.29) is 4.90 Å². The standard InChI is InChI=1S/C17H29NO2S/c1-3-4-5-6-7-8-9-10-11-16-14-15(2)12-13-17(16)21(18,19)20/h12-14H,3-11H2,1-2H3,(H2,18,19,20). The number of nitrogens with two attached hydrogens (primary N) is 1. The van der Waals surface area contributed by atoms with Crippen LogP contribution in [0.25, 0.3) is 0 Å². The minimum Gasteiger partial charge on any atom is -0.225 e. The van der Waals surface area contributed by atoms with E-state index in [0.717, 1.165) is 30.4 Å². The van der Waals surface area contributed by atoms with Gasteiger partial charge in [-0.05, 0) is 31.4 Å². The van der Waals surface area contributed by atoms with Crippen molar-refractivity contribution in [2.45, 2.75) is 76.5 Å². The predicted molar refractivity (Wildman–Crippen MR) is 88.9 cm³/mol. The average molecular weight is 311 g/mol. The number of rotatable bonds is 10. The Hall–Kier alpha value is -0.870. The summed E-state index contributed by atoms with van der Waals surface area (Å²) in [7, 11) is -3.61. The SMILES string of the molecule is CCCCCCCCCCc1cc(C)ccc1S(N)(=O)=O. The van der Waals surface area contributed by atoms with Gasteiger partial charge < -0.3 is 0 Å². The second-order valence-corrected chi connectivity index (χ2v) is 7.41. The van der Waals surface area contributed by atoms with E-state index in [1.165, 1.54) is 38.5 Å². The van der Waals surface area contributed by atoms with Gasteiger partial charge in [-0.1, -0.05) is 69.6 Å². The molecule has 4 heteroatoms. The van der Waals surface area contributed by atoms with E-state index in [4.69, 9.17) is 5.14 Å². The smallest absolute Gasteiger partial charge is 0.225 e. The molecule has 0 aliphatic heterocycles. The van der Waals surface area contributed by atoms with E-state index in [1.54, 1.807) is 12.1 Å². The van der Waals surface area contributed by atoms with Gasteiger partial charge in [0.25, 0.3) is 0 Å². The Balaban J connectivity index is 2.40. The molecule has 0 radical (unpaired) electrons. The fourth-order valence-electron chi connectivity index (χ4n) is 2.63. The molecule has 3 nitrogen and oxygen atoms in total. The molecule has 0 spiro atoms. The van der Waals surface area contributed by atoms with E-state index in [1.807, 2.05) is 13.0 Å². The first-order valence-electron chi connectivity index (χ1n) is 8.07. The van der Waals surface area contributed by atoms with Gasteiger partial charge in [0.05, 0.1) is 4.90 Å². The zero-order valence-electron chi connectivity index (χ0n) is 13.4. The molecule has 0 atom stereocenters. The normalized spacial score (nSPS) is 11.8. The number of unbranched alkanes of at least 4 members (excludes halogenated alkanes) is 7. The van der Waals surface area contributed by atoms with Crippen LogP contribution in [0.5, 0.6) is 0 Å². The Morgan fingerprint density at radius 2 is 1.52 bits per heavy atom. The van der Waals surface area contributed by atoms with Gasteiger partial charge in [-0.15, -0.1) is 0 Å². The zero-order valence-corrected chi connectivity index (χ0v) is 14.2. The molecule has 0 heterocycles. The summed E-state index contributed by atoms with van der Waals surface area (Å²) in [5.41, 5.74) is 1.94. The first-order chi connectivity index (χ1) is 9.95. The zero-order chi connectivity index (χ0) is 15.7. The summed E-state index contributed by atoms with van der Waals surface area (Å²) < 4.78 is 23.2. The van der Waals surface area contributed by atoms with Gasteiger partial charge in [0, 0.05) is 0 Å². The number of primary sulfonamides is 1. The minimum absolute atomic E-state index is 0.288. The highest BCUT2D eigenvalue weighted by Crippen LogP contribution is 2.19. The molecule has 1 aromatic carbocycles. The number of benzene rings is 1. The van der Waals surface area contributed by atoms with Gasteiger partial charge in [0.2, 0.25) is 10.0 Å². The molecule has 0 fully saturated rings. The van der Waals surface area contributed by atoms with Crippen LogP contribution in [0.15, 0.2) is 23.1 Å². The quantitative estimate of drug-likeness (QED) is 0.654. The molecule has 0 aliphatic carbocycles. The van der Waals surface area contributed by atoms with E-state index < -0.39 is 10.0 Å². The van der Waals surface area contributed by atoms with Crippen LogP contribution in [0.1, 0.15) is 69.4 Å². The van der Waals surface area contributed by atoms with Crippen LogP contribution in [0.3, 0.4) is 0 Å². The van der Waals surface area contributed by atoms with E-state index in [2.05, 4.69) is 6.92 Å². The molecular weight excluding hydrogens is 282 g/mol. The lowest BCUT2D eigenvalue weighted by molar-refractivity contribution is 0.573. The maximum atomic E-state index is 11.6. The van der Waals surface area contributed by atoms with Gasteiger partial charge >= 0.3 is 0 Å². The molecule has 0 saturated carbocycles. The first-order valence-corrected chi connectivity index (χ1v) is 9.62. The second-order valence-electron chi connectivity index (χ2n) is 5.88. The average Bonchev–Trinajstić information content (AvgIpc) is 2.40. The first kappa shape index (κ1) is 18.2. The van der Waals surface area contributed by atoms with E-state index >= 15 is 0 Å². The topological polar surface area (TPSA) is 60.2 Å². The highest BCUT2D eigenvalue weighted by molar-refractivity contribution is 7.89. The van der Waals surface area contributed by atoms with Crippen LogP contribution in [-0.4, -0.2) is 8.42 Å². The van der Waals surface area contributed by atoms with E-state index in [0.29, 0.717) is 0 Å². The maximum Gasteiger partial charge on any atom is 0.238 e. The number of hydrogen-bond acceptors (Lipinski definition) is 2. The second kappa shape index (κ2) is 9.21. The van der Waals surface area contributed by atoms with Crippen LogP contribution >= 0.6 is 0 Å². The summed E-state index contributed by atoms with van der Waals surface area (Å²) >= 11 is 0. The number of hydrogen-bond donors (Lipinski definition) is 1. The molecule has 1 aromatic rings. The molecule has 0 saturated heterocycles. The third-order valence-corrected chi connectivity index (χ3v) is 4.83. The Morgan fingerprint density at radius 1 is 0.952 bits per heavy atom. The van der Waals surface area contributed by atoms with Gasteiger partial charge in [-0.2, -0.15) is 0 Å². The molecule has 0 amide bonds. The lowest BCUT2D eigenvalue weighted by Gasteiger charge is -2.09. The largest absolute Gasteiger partial charge is 0.238 e. The van der Waals surface area contributed by atoms with Gasteiger partial charge in [0.1, 0.15) is 0 Å². The predicted octanol–water partition coefficient (Wildman–Crippen LogP) is 4.33. The summed E-state index contributed by atoms with van der Waals surface area (Å²) in [6.45, 7) is 4.20. The van der Waals surface area contributed by atoms with Crippen LogP contribution in [0.2, 0.25) is 0 Å². The van der Waals surface area contributed by atoms with Crippen molar-refractivity contribution in [2.24, 2.45) is 5.14 Å². The summed E-state index contributed by atoms with van der Waals surface area (Å²) in [4.78, 5) is 0.288. The van der Waals surface area contributed by atoms with E-state index in [9.17, 15) is 8.42 Å². The van der Waals surface area contributed by atoms with Crippen molar-refractivity contribution in [1.29, 1.82) is 0 Å². The molecule has 0 aromatic heterocycles. The molecule has 0 aliphatic rings. The number of sulfonamides is 1. The lowest BCUT2D eigenvalue weighted by Crippen LogP contribution is -2.14. The monoisotopic (exact) mass is 311 g/mol. The Labute approximate surface area is 130 Å². The van der Waals surface area contributed by atoms with Gasteiger partial charge in [-0.25, -0.2) is 13.6 Å². The Kier molecular flexibility index (Phi) is 7.97. The van der Waals surface area contributed by atoms with Crippen molar-refractivity contribution in [3.63, 3.8) is 0 Å². The summed E-state index contributed by atoms with van der Waals surface area (Å²) in [5.74, 6) is 0. The van der Waals surface area contributed by atoms with Crippen molar-refractivity contribution in [3.8, 4) is 0 Å². The molecule has 2 N–H and O–H groups in total. The minimum atomic E-state index is -3.61. The highest BCUT2D eigenvalue weighted by atomic mass is 32.2. The van der Waals surface area contributed by atoms with Crippen LogP contribution in [-0.2, 0) is 16.4 Å². The highest BCUT2D eigenvalue weighted by Gasteiger charge is 2.13.